The summed E-state index contributed by atoms with van der Waals surface area (Å²) in [5, 5.41) is 3.89. The van der Waals surface area contributed by atoms with Gasteiger partial charge in [0.05, 0.1) is 11.2 Å². The number of benzene rings is 7. The minimum atomic E-state index is -0.00205. The molecule has 1 aromatic heterocycles. The van der Waals surface area contributed by atoms with E-state index < -0.39 is 0 Å². The van der Waals surface area contributed by atoms with E-state index in [0.29, 0.717) is 0 Å². The normalized spacial score (nSPS) is 13.4. The number of nitrogens with zero attached hydrogens (tertiary/aromatic N) is 2. The molecule has 0 bridgehead atoms. The van der Waals surface area contributed by atoms with Gasteiger partial charge < -0.3 is 9.47 Å². The van der Waals surface area contributed by atoms with Crippen LogP contribution in [0.25, 0.3) is 49.7 Å². The summed E-state index contributed by atoms with van der Waals surface area (Å²) >= 11 is 0. The minimum absolute atomic E-state index is 0.00205. The van der Waals surface area contributed by atoms with Crippen LogP contribution >= 0.6 is 0 Å². The van der Waals surface area contributed by atoms with Crippen LogP contribution in [0.15, 0.2) is 152 Å². The first-order valence-corrected chi connectivity index (χ1v) is 19.0. The Kier molecular flexibility index (Phi) is 6.83. The first-order chi connectivity index (χ1) is 25.6. The van der Waals surface area contributed by atoms with E-state index in [9.17, 15) is 0 Å². The van der Waals surface area contributed by atoms with Gasteiger partial charge in [0.2, 0.25) is 0 Å². The maximum absolute atomic E-state index is 2.61. The van der Waals surface area contributed by atoms with E-state index in [0.717, 1.165) is 0 Å². The van der Waals surface area contributed by atoms with Gasteiger partial charge in [0.15, 0.2) is 0 Å². The van der Waals surface area contributed by atoms with Gasteiger partial charge in [0.25, 0.3) is 6.71 Å². The van der Waals surface area contributed by atoms with Crippen molar-refractivity contribution in [1.82, 2.24) is 4.57 Å². The van der Waals surface area contributed by atoms with Crippen molar-refractivity contribution in [3.05, 3.63) is 163 Å². The molecular formula is C50H43BN2. The quantitative estimate of drug-likeness (QED) is 0.168. The molecule has 2 nitrogen and oxygen atoms in total. The molecule has 8 aromatic rings. The molecule has 10 rings (SSSR count). The summed E-state index contributed by atoms with van der Waals surface area (Å²) in [4.78, 5) is 2.53. The molecule has 2 aliphatic heterocycles. The molecule has 53 heavy (non-hydrogen) atoms. The molecular weight excluding hydrogens is 639 g/mol. The third-order valence-corrected chi connectivity index (χ3v) is 11.7. The molecule has 0 atom stereocenters. The van der Waals surface area contributed by atoms with E-state index in [-0.39, 0.29) is 17.5 Å². The summed E-state index contributed by atoms with van der Waals surface area (Å²) in [5.74, 6) is 0. The number of anilines is 3. The van der Waals surface area contributed by atoms with Gasteiger partial charge in [0, 0.05) is 33.7 Å². The van der Waals surface area contributed by atoms with E-state index in [2.05, 4.69) is 203 Å². The molecule has 0 spiro atoms. The molecule has 0 saturated heterocycles. The molecule has 3 heterocycles. The van der Waals surface area contributed by atoms with Crippen LogP contribution in [0.4, 0.5) is 17.1 Å². The van der Waals surface area contributed by atoms with Crippen LogP contribution in [0.2, 0.25) is 0 Å². The van der Waals surface area contributed by atoms with Gasteiger partial charge in [-0.15, -0.1) is 0 Å². The third-order valence-electron chi connectivity index (χ3n) is 11.7. The molecule has 0 saturated carbocycles. The highest BCUT2D eigenvalue weighted by molar-refractivity contribution is 7.01. The number of hydrogen-bond donors (Lipinski definition) is 0. The van der Waals surface area contributed by atoms with Crippen LogP contribution in [0.1, 0.15) is 52.7 Å². The number of fused-ring (bicyclic) bond motifs is 6. The summed E-state index contributed by atoms with van der Waals surface area (Å²) in [6.45, 7) is 13.9. The van der Waals surface area contributed by atoms with Crippen molar-refractivity contribution in [2.24, 2.45) is 0 Å². The summed E-state index contributed by atoms with van der Waals surface area (Å²) in [6.07, 6.45) is 0. The fourth-order valence-electron chi connectivity index (χ4n) is 9.10. The van der Waals surface area contributed by atoms with Gasteiger partial charge in [-0.05, 0) is 96.6 Å². The van der Waals surface area contributed by atoms with Crippen LogP contribution in [0.3, 0.4) is 0 Å². The molecule has 3 heteroatoms. The summed E-state index contributed by atoms with van der Waals surface area (Å²) < 4.78 is 2.61. The van der Waals surface area contributed by atoms with Crippen molar-refractivity contribution in [2.45, 2.75) is 52.4 Å². The van der Waals surface area contributed by atoms with E-state index in [4.69, 9.17) is 0 Å². The van der Waals surface area contributed by atoms with Gasteiger partial charge in [-0.25, -0.2) is 0 Å². The van der Waals surface area contributed by atoms with Crippen LogP contribution in [0, 0.1) is 0 Å². The van der Waals surface area contributed by atoms with Crippen LogP contribution < -0.4 is 21.3 Å². The Hall–Kier alpha value is -5.80. The Morgan fingerprint density at radius 3 is 1.79 bits per heavy atom. The topological polar surface area (TPSA) is 8.17 Å². The monoisotopic (exact) mass is 682 g/mol. The SMILES string of the molecule is CC(C)(C)c1ccc(N2c3ccc(C(C)(C)C)cc3B3c4c2cccc4-n2c(-c4ccccc4)c(-c4ccccc4)c4cc5ccccc5c3c42)cc1. The second kappa shape index (κ2) is 11.4. The predicted molar refractivity (Wildman–Crippen MR) is 228 cm³/mol. The lowest BCUT2D eigenvalue weighted by Crippen LogP contribution is -2.60. The van der Waals surface area contributed by atoms with E-state index in [1.54, 1.807) is 0 Å². The lowest BCUT2D eigenvalue weighted by Gasteiger charge is -2.41. The summed E-state index contributed by atoms with van der Waals surface area (Å²) in [6, 6.07) is 57.1. The average Bonchev–Trinajstić information content (AvgIpc) is 3.51. The van der Waals surface area contributed by atoms with Crippen LogP contribution in [-0.2, 0) is 10.8 Å². The van der Waals surface area contributed by atoms with Gasteiger partial charge >= 0.3 is 0 Å². The smallest absolute Gasteiger partial charge is 0.252 e. The van der Waals surface area contributed by atoms with Gasteiger partial charge in [-0.3, -0.25) is 0 Å². The molecule has 2 aliphatic rings. The van der Waals surface area contributed by atoms with Crippen molar-refractivity contribution in [3.8, 4) is 28.1 Å². The minimum Gasteiger partial charge on any atom is -0.311 e. The van der Waals surface area contributed by atoms with Crippen molar-refractivity contribution < 1.29 is 0 Å². The first kappa shape index (κ1) is 31.9. The van der Waals surface area contributed by atoms with Crippen LogP contribution in [0.5, 0.6) is 0 Å². The maximum atomic E-state index is 2.61. The Morgan fingerprint density at radius 2 is 1.09 bits per heavy atom. The third kappa shape index (κ3) is 4.73. The van der Waals surface area contributed by atoms with Gasteiger partial charge in [-0.2, -0.15) is 0 Å². The Labute approximate surface area is 313 Å². The van der Waals surface area contributed by atoms with Crippen molar-refractivity contribution in [2.75, 3.05) is 4.90 Å². The van der Waals surface area contributed by atoms with Crippen molar-refractivity contribution in [1.29, 1.82) is 0 Å². The second-order valence-corrected chi connectivity index (χ2v) is 17.0. The highest BCUT2D eigenvalue weighted by Crippen LogP contribution is 2.47. The highest BCUT2D eigenvalue weighted by Gasteiger charge is 2.44. The zero-order valence-corrected chi connectivity index (χ0v) is 31.4. The predicted octanol–water partition coefficient (Wildman–Crippen LogP) is 11.3. The van der Waals surface area contributed by atoms with E-state index in [1.165, 1.54) is 94.3 Å². The second-order valence-electron chi connectivity index (χ2n) is 17.0. The average molecular weight is 683 g/mol. The molecule has 0 amide bonds. The fraction of sp³-hybridized carbons (Fsp3) is 0.160. The molecule has 256 valence electrons. The van der Waals surface area contributed by atoms with E-state index in [1.807, 2.05) is 0 Å². The van der Waals surface area contributed by atoms with E-state index >= 15 is 0 Å². The van der Waals surface area contributed by atoms with Crippen LogP contribution in [-0.4, -0.2) is 11.3 Å². The maximum Gasteiger partial charge on any atom is 0.252 e. The number of aromatic nitrogens is 1. The number of hydrogen-bond acceptors (Lipinski definition) is 1. The first-order valence-electron chi connectivity index (χ1n) is 19.0. The van der Waals surface area contributed by atoms with Gasteiger partial charge in [0.1, 0.15) is 0 Å². The highest BCUT2D eigenvalue weighted by atomic mass is 15.2. The largest absolute Gasteiger partial charge is 0.311 e. The lowest BCUT2D eigenvalue weighted by atomic mass is 9.33. The molecule has 0 radical (unpaired) electrons. The number of rotatable bonds is 3. The summed E-state index contributed by atoms with van der Waals surface area (Å²) in [7, 11) is 0. The zero-order chi connectivity index (χ0) is 36.2. The van der Waals surface area contributed by atoms with Crippen molar-refractivity contribution >= 4 is 61.8 Å². The molecule has 0 aliphatic carbocycles. The van der Waals surface area contributed by atoms with Gasteiger partial charge in [-0.1, -0.05) is 157 Å². The summed E-state index contributed by atoms with van der Waals surface area (Å²) in [5.41, 5.74) is 18.1. The van der Waals surface area contributed by atoms with Crippen molar-refractivity contribution in [3.63, 3.8) is 0 Å². The Bertz CT molecular complexity index is 2730. The Morgan fingerprint density at radius 1 is 0.472 bits per heavy atom. The molecule has 0 fully saturated rings. The Balaban J connectivity index is 1.39. The molecule has 7 aromatic carbocycles. The lowest BCUT2D eigenvalue weighted by molar-refractivity contribution is 0.590. The molecule has 0 N–H and O–H groups in total. The fourth-order valence-corrected chi connectivity index (χ4v) is 9.10. The zero-order valence-electron chi connectivity index (χ0n) is 31.4. The standard InChI is InChI=1S/C50H43BN2/c1-49(2,3)35-24-27-37(28-25-35)52-41-29-26-36(50(4,5)6)31-40(41)51-45-38-21-14-13-20-34(38)30-39-44(32-16-9-7-10-17-32)47(33-18-11-8-12-19-33)53(48(39)45)43-23-15-22-42(52)46(43)51/h7-31H,1-6H3. The molecule has 0 unspecified atom stereocenters.